The predicted octanol–water partition coefficient (Wildman–Crippen LogP) is 4.20. The normalized spacial score (nSPS) is 16.0. The third kappa shape index (κ3) is 5.84. The van der Waals surface area contributed by atoms with Crippen molar-refractivity contribution >= 4 is 11.6 Å². The molecule has 4 nitrogen and oxygen atoms in total. The summed E-state index contributed by atoms with van der Waals surface area (Å²) in [6.07, 6.45) is 4.26. The molecule has 144 valence electrons. The highest BCUT2D eigenvalue weighted by Crippen LogP contribution is 2.31. The van der Waals surface area contributed by atoms with Crippen molar-refractivity contribution in [1.29, 1.82) is 0 Å². The highest BCUT2D eigenvalue weighted by atomic mass is 16.3. The monoisotopic (exact) mass is 368 g/mol. The van der Waals surface area contributed by atoms with Crippen LogP contribution in [0.2, 0.25) is 0 Å². The van der Waals surface area contributed by atoms with E-state index in [1.54, 1.807) is 36.4 Å². The Labute approximate surface area is 160 Å². The number of carbonyl (C=O) groups excluding carboxylic acids is 2. The lowest BCUT2D eigenvalue weighted by molar-refractivity contribution is 0.0116. The second kappa shape index (κ2) is 9.07. The average molecular weight is 368 g/mol. The van der Waals surface area contributed by atoms with Gasteiger partial charge in [0.15, 0.2) is 11.6 Å². The largest absolute Gasteiger partial charge is 0.382 e. The number of ketones is 2. The zero-order valence-corrected chi connectivity index (χ0v) is 16.0. The van der Waals surface area contributed by atoms with Crippen LogP contribution in [0.25, 0.3) is 0 Å². The van der Waals surface area contributed by atoms with Gasteiger partial charge in [-0.1, -0.05) is 79.9 Å². The van der Waals surface area contributed by atoms with Crippen molar-refractivity contribution in [3.05, 3.63) is 71.8 Å². The van der Waals surface area contributed by atoms with Crippen LogP contribution < -0.4 is 0 Å². The summed E-state index contributed by atoms with van der Waals surface area (Å²) < 4.78 is 0. The van der Waals surface area contributed by atoms with Crippen LogP contribution in [-0.2, 0) is 0 Å². The Morgan fingerprint density at radius 3 is 1.70 bits per heavy atom. The van der Waals surface area contributed by atoms with Gasteiger partial charge in [0.2, 0.25) is 0 Å². The molecule has 3 rings (SSSR count). The van der Waals surface area contributed by atoms with Gasteiger partial charge in [-0.3, -0.25) is 9.59 Å². The fourth-order valence-corrected chi connectivity index (χ4v) is 3.16. The summed E-state index contributed by atoms with van der Waals surface area (Å²) in [6, 6.07) is 17.9. The van der Waals surface area contributed by atoms with Gasteiger partial charge < -0.3 is 10.2 Å². The molecule has 1 aliphatic carbocycles. The van der Waals surface area contributed by atoms with Gasteiger partial charge in [0.1, 0.15) is 11.2 Å². The molecular formula is C23H28O4. The Morgan fingerprint density at radius 2 is 1.26 bits per heavy atom. The summed E-state index contributed by atoms with van der Waals surface area (Å²) in [5.74, 6) is -0.356. The van der Waals surface area contributed by atoms with Crippen LogP contribution >= 0.6 is 0 Å². The molecule has 0 spiro atoms. The van der Waals surface area contributed by atoms with E-state index in [0.29, 0.717) is 24.0 Å². The Kier molecular flexibility index (Phi) is 7.05. The van der Waals surface area contributed by atoms with E-state index >= 15 is 0 Å². The highest BCUT2D eigenvalue weighted by Gasteiger charge is 2.37. The van der Waals surface area contributed by atoms with Gasteiger partial charge in [0, 0.05) is 11.1 Å². The van der Waals surface area contributed by atoms with Crippen LogP contribution in [0.1, 0.15) is 66.7 Å². The van der Waals surface area contributed by atoms with E-state index < -0.39 is 11.2 Å². The maximum Gasteiger partial charge on any atom is 0.194 e. The molecule has 4 heteroatoms. The van der Waals surface area contributed by atoms with Crippen molar-refractivity contribution in [2.45, 2.75) is 57.2 Å². The standard InChI is InChI=1S/C13H16O2.C10H12O2/c14-12(11-7-3-1-4-8-11)13(15)9-5-2-6-10-13;1-10(2,12)9(11)8-6-4-3-5-7-8/h1,3-4,7-8,15H,2,5-6,9-10H2;3-7,12H,1-2H3. The quantitative estimate of drug-likeness (QED) is 0.793. The van der Waals surface area contributed by atoms with Crippen LogP contribution in [0, 0.1) is 0 Å². The molecule has 1 aliphatic rings. The van der Waals surface area contributed by atoms with Crippen molar-refractivity contribution in [2.24, 2.45) is 0 Å². The minimum Gasteiger partial charge on any atom is -0.382 e. The molecule has 0 bridgehead atoms. The molecule has 2 aromatic rings. The van der Waals surface area contributed by atoms with Crippen LogP contribution in [0.3, 0.4) is 0 Å². The van der Waals surface area contributed by atoms with Crippen LogP contribution in [0.5, 0.6) is 0 Å². The molecule has 0 atom stereocenters. The van der Waals surface area contributed by atoms with Crippen molar-refractivity contribution < 1.29 is 19.8 Å². The molecule has 0 radical (unpaired) electrons. The number of rotatable bonds is 4. The molecule has 2 N–H and O–H groups in total. The Balaban J connectivity index is 0.000000199. The highest BCUT2D eigenvalue weighted by molar-refractivity contribution is 6.02. The zero-order chi connectivity index (χ0) is 19.9. The number of hydrogen-bond donors (Lipinski definition) is 2. The molecular weight excluding hydrogens is 340 g/mol. The van der Waals surface area contributed by atoms with Crippen molar-refractivity contribution in [2.75, 3.05) is 0 Å². The minimum atomic E-state index is -1.28. The van der Waals surface area contributed by atoms with Gasteiger partial charge in [-0.05, 0) is 26.7 Å². The van der Waals surface area contributed by atoms with Crippen molar-refractivity contribution in [3.63, 3.8) is 0 Å². The summed E-state index contributed by atoms with van der Waals surface area (Å²) in [4.78, 5) is 23.5. The molecule has 27 heavy (non-hydrogen) atoms. The first-order valence-electron chi connectivity index (χ1n) is 9.38. The number of hydrogen-bond acceptors (Lipinski definition) is 4. The number of benzene rings is 2. The minimum absolute atomic E-state index is 0.109. The second-order valence-electron chi connectivity index (χ2n) is 7.54. The van der Waals surface area contributed by atoms with Gasteiger partial charge in [-0.2, -0.15) is 0 Å². The first kappa shape index (κ1) is 21.0. The van der Waals surface area contributed by atoms with Gasteiger partial charge >= 0.3 is 0 Å². The lowest BCUT2D eigenvalue weighted by atomic mass is 9.79. The van der Waals surface area contributed by atoms with Crippen LogP contribution in [-0.4, -0.2) is 33.0 Å². The summed E-state index contributed by atoms with van der Waals surface area (Å²) in [6.45, 7) is 2.98. The van der Waals surface area contributed by atoms with E-state index in [9.17, 15) is 19.8 Å². The second-order valence-corrected chi connectivity index (χ2v) is 7.54. The van der Waals surface area contributed by atoms with E-state index in [0.717, 1.165) is 19.3 Å². The van der Waals surface area contributed by atoms with Crippen LogP contribution in [0.4, 0.5) is 0 Å². The maximum absolute atomic E-state index is 12.1. The topological polar surface area (TPSA) is 74.6 Å². The fraction of sp³-hybridized carbons (Fsp3) is 0.391. The Bertz CT molecular complexity index is 739. The predicted molar refractivity (Wildman–Crippen MR) is 106 cm³/mol. The molecule has 0 saturated heterocycles. The molecule has 1 saturated carbocycles. The first-order valence-corrected chi connectivity index (χ1v) is 9.38. The molecule has 0 unspecified atom stereocenters. The number of aliphatic hydroxyl groups is 2. The van der Waals surface area contributed by atoms with E-state index in [1.807, 2.05) is 24.3 Å². The maximum atomic E-state index is 12.1. The van der Waals surface area contributed by atoms with E-state index in [-0.39, 0.29) is 11.6 Å². The third-order valence-corrected chi connectivity index (χ3v) is 4.73. The number of carbonyl (C=O) groups is 2. The molecule has 2 aromatic carbocycles. The SMILES string of the molecule is CC(C)(O)C(=O)c1ccccc1.O=C(c1ccccc1)C1(O)CCCCC1. The van der Waals surface area contributed by atoms with Crippen LogP contribution in [0.15, 0.2) is 60.7 Å². The summed E-state index contributed by atoms with van der Waals surface area (Å²) in [5, 5.41) is 19.6. The molecule has 0 aliphatic heterocycles. The first-order chi connectivity index (χ1) is 12.7. The molecule has 1 fully saturated rings. The lowest BCUT2D eigenvalue weighted by Gasteiger charge is -2.30. The van der Waals surface area contributed by atoms with E-state index in [2.05, 4.69) is 0 Å². The van der Waals surface area contributed by atoms with E-state index in [1.165, 1.54) is 13.8 Å². The Morgan fingerprint density at radius 1 is 0.815 bits per heavy atom. The Hall–Kier alpha value is -2.30. The molecule has 0 amide bonds. The zero-order valence-electron chi connectivity index (χ0n) is 16.0. The summed E-state index contributed by atoms with van der Waals surface area (Å²) in [7, 11) is 0. The van der Waals surface area contributed by atoms with Gasteiger partial charge in [0.05, 0.1) is 0 Å². The van der Waals surface area contributed by atoms with Crippen molar-refractivity contribution in [3.8, 4) is 0 Å². The fourth-order valence-electron chi connectivity index (χ4n) is 3.16. The molecule has 0 heterocycles. The van der Waals surface area contributed by atoms with Gasteiger partial charge in [0.25, 0.3) is 0 Å². The third-order valence-electron chi connectivity index (χ3n) is 4.73. The lowest BCUT2D eigenvalue weighted by Crippen LogP contribution is -2.40. The summed E-state index contributed by atoms with van der Waals surface area (Å²) >= 11 is 0. The van der Waals surface area contributed by atoms with Crippen molar-refractivity contribution in [1.82, 2.24) is 0 Å². The van der Waals surface area contributed by atoms with E-state index in [4.69, 9.17) is 0 Å². The number of Topliss-reactive ketones (excluding diaryl/α,β-unsaturated/α-hetero) is 2. The molecule has 0 aromatic heterocycles. The smallest absolute Gasteiger partial charge is 0.194 e. The van der Waals surface area contributed by atoms with Gasteiger partial charge in [-0.25, -0.2) is 0 Å². The average Bonchev–Trinajstić information content (AvgIpc) is 2.68. The van der Waals surface area contributed by atoms with Gasteiger partial charge in [-0.15, -0.1) is 0 Å². The summed E-state index contributed by atoms with van der Waals surface area (Å²) in [5.41, 5.74) is -1.20.